The Bertz CT molecular complexity index is 291. The van der Waals surface area contributed by atoms with Crippen LogP contribution in [0.2, 0.25) is 0 Å². The molecule has 2 unspecified atom stereocenters. The normalized spacial score (nSPS) is 25.7. The molecule has 0 aromatic rings. The van der Waals surface area contributed by atoms with Crippen LogP contribution in [0.15, 0.2) is 0 Å². The Kier molecular flexibility index (Phi) is 4.93. The van der Waals surface area contributed by atoms with E-state index in [-0.39, 0.29) is 29.8 Å². The molecule has 0 radical (unpaired) electrons. The lowest BCUT2D eigenvalue weighted by molar-refractivity contribution is -0.147. The fourth-order valence-electron chi connectivity index (χ4n) is 2.10. The van der Waals surface area contributed by atoms with E-state index in [0.29, 0.717) is 0 Å². The zero-order valence-corrected chi connectivity index (χ0v) is 10.9. The van der Waals surface area contributed by atoms with Gasteiger partial charge in [0.15, 0.2) is 0 Å². The van der Waals surface area contributed by atoms with Crippen LogP contribution in [-0.4, -0.2) is 37.6 Å². The number of rotatable bonds is 4. The maximum atomic E-state index is 12.0. The largest absolute Gasteiger partial charge is 0.467 e. The van der Waals surface area contributed by atoms with Gasteiger partial charge in [-0.25, -0.2) is 4.79 Å². The van der Waals surface area contributed by atoms with Gasteiger partial charge in [-0.15, -0.1) is 0 Å². The molecule has 1 aliphatic heterocycles. The first-order valence-corrected chi connectivity index (χ1v) is 6.09. The molecule has 98 valence electrons. The molecule has 2 N–H and O–H groups in total. The number of hydrogen-bond acceptors (Lipinski definition) is 4. The fourth-order valence-corrected chi connectivity index (χ4v) is 2.10. The summed E-state index contributed by atoms with van der Waals surface area (Å²) in [6, 6.07) is -0.388. The van der Waals surface area contributed by atoms with E-state index in [1.54, 1.807) is 0 Å². The summed E-state index contributed by atoms with van der Waals surface area (Å²) in [5, 5.41) is 6.01. The van der Waals surface area contributed by atoms with Crippen molar-refractivity contribution in [2.75, 3.05) is 13.7 Å². The quantitative estimate of drug-likeness (QED) is 0.696. The highest BCUT2D eigenvalue weighted by atomic mass is 16.5. The predicted molar refractivity (Wildman–Crippen MR) is 64.4 cm³/mol. The number of hydrogen-bond donors (Lipinski definition) is 2. The minimum atomic E-state index is -0.555. The van der Waals surface area contributed by atoms with E-state index >= 15 is 0 Å². The SMILES string of the molecule is COC(=O)[C@@H](NC(=O)C1CCNC1C)C(C)C. The zero-order chi connectivity index (χ0) is 13.0. The van der Waals surface area contributed by atoms with E-state index in [0.717, 1.165) is 13.0 Å². The van der Waals surface area contributed by atoms with Gasteiger partial charge in [-0.2, -0.15) is 0 Å². The van der Waals surface area contributed by atoms with Crippen LogP contribution in [0.3, 0.4) is 0 Å². The highest BCUT2D eigenvalue weighted by Crippen LogP contribution is 2.16. The molecular formula is C12H22N2O3. The van der Waals surface area contributed by atoms with E-state index in [1.165, 1.54) is 7.11 Å². The van der Waals surface area contributed by atoms with Crippen molar-refractivity contribution in [3.05, 3.63) is 0 Å². The molecule has 0 spiro atoms. The van der Waals surface area contributed by atoms with E-state index < -0.39 is 6.04 Å². The Morgan fingerprint density at radius 3 is 2.47 bits per heavy atom. The monoisotopic (exact) mass is 242 g/mol. The first-order valence-electron chi connectivity index (χ1n) is 6.09. The number of amides is 1. The summed E-state index contributed by atoms with van der Waals surface area (Å²) >= 11 is 0. The van der Waals surface area contributed by atoms with Crippen LogP contribution in [0.4, 0.5) is 0 Å². The second-order valence-corrected chi connectivity index (χ2v) is 4.89. The van der Waals surface area contributed by atoms with E-state index in [9.17, 15) is 9.59 Å². The van der Waals surface area contributed by atoms with E-state index in [4.69, 9.17) is 4.74 Å². The van der Waals surface area contributed by atoms with Crippen LogP contribution in [0.25, 0.3) is 0 Å². The molecule has 3 atom stereocenters. The number of carbonyl (C=O) groups excluding carboxylic acids is 2. The van der Waals surface area contributed by atoms with Crippen molar-refractivity contribution in [3.8, 4) is 0 Å². The number of esters is 1. The molecule has 5 nitrogen and oxygen atoms in total. The summed E-state index contributed by atoms with van der Waals surface area (Å²) in [6.45, 7) is 6.61. The molecule has 0 aromatic heterocycles. The number of carbonyl (C=O) groups is 2. The molecule has 5 heteroatoms. The third kappa shape index (κ3) is 3.43. The van der Waals surface area contributed by atoms with E-state index in [1.807, 2.05) is 20.8 Å². The van der Waals surface area contributed by atoms with Crippen molar-refractivity contribution in [1.29, 1.82) is 0 Å². The predicted octanol–water partition coefficient (Wildman–Crippen LogP) is 0.298. The minimum absolute atomic E-state index is 0.0241. The van der Waals surface area contributed by atoms with Crippen LogP contribution < -0.4 is 10.6 Å². The van der Waals surface area contributed by atoms with Gasteiger partial charge in [0, 0.05) is 6.04 Å². The smallest absolute Gasteiger partial charge is 0.328 e. The Morgan fingerprint density at radius 2 is 2.06 bits per heavy atom. The van der Waals surface area contributed by atoms with Crippen molar-refractivity contribution in [2.45, 2.75) is 39.3 Å². The Labute approximate surface area is 102 Å². The topological polar surface area (TPSA) is 67.4 Å². The number of nitrogens with one attached hydrogen (secondary N) is 2. The van der Waals surface area contributed by atoms with Gasteiger partial charge in [0.05, 0.1) is 13.0 Å². The zero-order valence-electron chi connectivity index (χ0n) is 10.9. The van der Waals surface area contributed by atoms with Crippen molar-refractivity contribution < 1.29 is 14.3 Å². The Hall–Kier alpha value is -1.10. The van der Waals surface area contributed by atoms with Gasteiger partial charge in [0.2, 0.25) is 5.91 Å². The lowest BCUT2D eigenvalue weighted by atomic mass is 9.98. The molecular weight excluding hydrogens is 220 g/mol. The second-order valence-electron chi connectivity index (χ2n) is 4.89. The van der Waals surface area contributed by atoms with Gasteiger partial charge in [0.25, 0.3) is 0 Å². The van der Waals surface area contributed by atoms with Crippen LogP contribution in [0.1, 0.15) is 27.2 Å². The molecule has 1 saturated heterocycles. The second kappa shape index (κ2) is 6.00. The molecule has 0 saturated carbocycles. The maximum absolute atomic E-state index is 12.0. The highest BCUT2D eigenvalue weighted by Gasteiger charge is 2.33. The van der Waals surface area contributed by atoms with E-state index in [2.05, 4.69) is 10.6 Å². The first kappa shape index (κ1) is 14.0. The molecule has 1 rings (SSSR count). The average molecular weight is 242 g/mol. The lowest BCUT2D eigenvalue weighted by Crippen LogP contribution is -2.48. The van der Waals surface area contributed by atoms with Crippen LogP contribution in [0, 0.1) is 11.8 Å². The average Bonchev–Trinajstić information content (AvgIpc) is 2.70. The molecule has 17 heavy (non-hydrogen) atoms. The third-order valence-corrected chi connectivity index (χ3v) is 3.28. The van der Waals surface area contributed by atoms with Crippen molar-refractivity contribution in [1.82, 2.24) is 10.6 Å². The van der Waals surface area contributed by atoms with Crippen LogP contribution in [-0.2, 0) is 14.3 Å². The molecule has 1 fully saturated rings. The standard InChI is InChI=1S/C12H22N2O3/c1-7(2)10(12(16)17-4)14-11(15)9-5-6-13-8(9)3/h7-10,13H,5-6H2,1-4H3,(H,14,15)/t8?,9?,10-/m0/s1. The molecule has 1 heterocycles. The van der Waals surface area contributed by atoms with Gasteiger partial charge >= 0.3 is 5.97 Å². The maximum Gasteiger partial charge on any atom is 0.328 e. The van der Waals surface area contributed by atoms with Crippen molar-refractivity contribution in [3.63, 3.8) is 0 Å². The summed E-state index contributed by atoms with van der Waals surface area (Å²) in [5.41, 5.74) is 0. The van der Waals surface area contributed by atoms with Gasteiger partial charge < -0.3 is 15.4 Å². The third-order valence-electron chi connectivity index (χ3n) is 3.28. The highest BCUT2D eigenvalue weighted by molar-refractivity contribution is 5.86. The lowest BCUT2D eigenvalue weighted by Gasteiger charge is -2.23. The number of ether oxygens (including phenoxy) is 1. The first-order chi connectivity index (χ1) is 7.97. The summed E-state index contributed by atoms with van der Waals surface area (Å²) in [6.07, 6.45) is 0.818. The van der Waals surface area contributed by atoms with Gasteiger partial charge in [-0.05, 0) is 25.8 Å². The van der Waals surface area contributed by atoms with Gasteiger partial charge in [-0.1, -0.05) is 13.8 Å². The van der Waals surface area contributed by atoms with Crippen LogP contribution >= 0.6 is 0 Å². The summed E-state index contributed by atoms with van der Waals surface area (Å²) in [5.74, 6) is -0.476. The van der Waals surface area contributed by atoms with Gasteiger partial charge in [-0.3, -0.25) is 4.79 Å². The Balaban J connectivity index is 2.61. The minimum Gasteiger partial charge on any atom is -0.467 e. The molecule has 0 bridgehead atoms. The van der Waals surface area contributed by atoms with Crippen molar-refractivity contribution in [2.24, 2.45) is 11.8 Å². The van der Waals surface area contributed by atoms with Gasteiger partial charge in [0.1, 0.15) is 6.04 Å². The van der Waals surface area contributed by atoms with Crippen molar-refractivity contribution >= 4 is 11.9 Å². The summed E-state index contributed by atoms with van der Waals surface area (Å²) in [4.78, 5) is 23.6. The van der Waals surface area contributed by atoms with Crippen LogP contribution in [0.5, 0.6) is 0 Å². The summed E-state index contributed by atoms with van der Waals surface area (Å²) < 4.78 is 4.69. The Morgan fingerprint density at radius 1 is 1.41 bits per heavy atom. The molecule has 1 amide bonds. The molecule has 0 aromatic carbocycles. The molecule has 1 aliphatic rings. The summed E-state index contributed by atoms with van der Waals surface area (Å²) in [7, 11) is 1.34. The fraction of sp³-hybridized carbons (Fsp3) is 0.833. The number of methoxy groups -OCH3 is 1. The molecule has 0 aliphatic carbocycles.